The number of aryl methyl sites for hydroxylation is 1. The molecule has 1 saturated heterocycles. The number of hydrogen-bond donors (Lipinski definition) is 2. The summed E-state index contributed by atoms with van der Waals surface area (Å²) in [4.78, 5) is 26.0. The third-order valence-electron chi connectivity index (χ3n) is 3.98. The van der Waals surface area contributed by atoms with Crippen LogP contribution in [-0.4, -0.2) is 24.5 Å². The third kappa shape index (κ3) is 3.68. The molecule has 5 nitrogen and oxygen atoms in total. The van der Waals surface area contributed by atoms with E-state index < -0.39 is 0 Å². The Labute approximate surface area is 145 Å². The van der Waals surface area contributed by atoms with Crippen LogP contribution in [0.15, 0.2) is 48.5 Å². The molecule has 1 heterocycles. The van der Waals surface area contributed by atoms with E-state index in [2.05, 4.69) is 10.6 Å². The molecule has 1 aliphatic rings. The fourth-order valence-electron chi connectivity index (χ4n) is 2.73. The topological polar surface area (TPSA) is 61.4 Å². The lowest BCUT2D eigenvalue weighted by Crippen LogP contribution is -2.39. The van der Waals surface area contributed by atoms with Gasteiger partial charge in [0.15, 0.2) is 0 Å². The predicted molar refractivity (Wildman–Crippen MR) is 95.5 cm³/mol. The molecule has 0 saturated carbocycles. The molecule has 2 aromatic rings. The Kier molecular flexibility index (Phi) is 4.71. The van der Waals surface area contributed by atoms with Gasteiger partial charge in [0.25, 0.3) is 0 Å². The predicted octanol–water partition coefficient (Wildman–Crippen LogP) is 3.58. The zero-order valence-corrected chi connectivity index (χ0v) is 14.0. The lowest BCUT2D eigenvalue weighted by molar-refractivity contribution is -0.117. The van der Waals surface area contributed by atoms with Gasteiger partial charge in [-0.3, -0.25) is 4.79 Å². The molecule has 2 N–H and O–H groups in total. The maximum absolute atomic E-state index is 12.2. The van der Waals surface area contributed by atoms with E-state index in [1.807, 2.05) is 43.3 Å². The van der Waals surface area contributed by atoms with Crippen LogP contribution in [0.1, 0.15) is 12.0 Å². The third-order valence-corrected chi connectivity index (χ3v) is 4.21. The van der Waals surface area contributed by atoms with E-state index in [1.165, 1.54) is 0 Å². The van der Waals surface area contributed by atoms with Crippen molar-refractivity contribution in [2.45, 2.75) is 19.4 Å². The first-order valence-electron chi connectivity index (χ1n) is 7.72. The standard InChI is InChI=1S/C18H18ClN3O2/c1-12-7-8-13(19)9-16(12)21-18(24)20-14-10-17(23)22(11-14)15-5-3-2-4-6-15/h2-9,14H,10-11H2,1H3,(H2,20,21,24)/t14-/m0/s1. The summed E-state index contributed by atoms with van der Waals surface area (Å²) in [5, 5.41) is 6.19. The van der Waals surface area contributed by atoms with Crippen molar-refractivity contribution in [3.8, 4) is 0 Å². The Hall–Kier alpha value is -2.53. The highest BCUT2D eigenvalue weighted by atomic mass is 35.5. The van der Waals surface area contributed by atoms with Gasteiger partial charge in [-0.1, -0.05) is 35.9 Å². The maximum Gasteiger partial charge on any atom is 0.319 e. The van der Waals surface area contributed by atoms with E-state index in [-0.39, 0.29) is 24.4 Å². The number of nitrogens with zero attached hydrogens (tertiary/aromatic N) is 1. The Morgan fingerprint density at radius 1 is 1.21 bits per heavy atom. The molecule has 24 heavy (non-hydrogen) atoms. The Balaban J connectivity index is 1.61. The molecule has 6 heteroatoms. The molecule has 0 aromatic heterocycles. The average molecular weight is 344 g/mol. The quantitative estimate of drug-likeness (QED) is 0.894. The summed E-state index contributed by atoms with van der Waals surface area (Å²) in [5.74, 6) is 0.00503. The van der Waals surface area contributed by atoms with E-state index in [4.69, 9.17) is 11.6 Å². The summed E-state index contributed by atoms with van der Waals surface area (Å²) in [5.41, 5.74) is 2.42. The Morgan fingerprint density at radius 2 is 1.96 bits per heavy atom. The van der Waals surface area contributed by atoms with E-state index in [1.54, 1.807) is 17.0 Å². The Bertz CT molecular complexity index is 764. The van der Waals surface area contributed by atoms with Crippen molar-refractivity contribution in [2.24, 2.45) is 0 Å². The first kappa shape index (κ1) is 16.3. The second kappa shape index (κ2) is 6.93. The molecule has 124 valence electrons. The van der Waals surface area contributed by atoms with Crippen molar-refractivity contribution in [1.29, 1.82) is 0 Å². The fraction of sp³-hybridized carbons (Fsp3) is 0.222. The number of anilines is 2. The summed E-state index contributed by atoms with van der Waals surface area (Å²) < 4.78 is 0. The van der Waals surface area contributed by atoms with E-state index >= 15 is 0 Å². The van der Waals surface area contributed by atoms with Crippen LogP contribution in [0, 0.1) is 6.92 Å². The van der Waals surface area contributed by atoms with Gasteiger partial charge in [0.2, 0.25) is 5.91 Å². The molecule has 1 atom stereocenters. The summed E-state index contributed by atoms with van der Waals surface area (Å²) in [6.07, 6.45) is 0.289. The number of hydrogen-bond acceptors (Lipinski definition) is 2. The molecule has 3 amide bonds. The molecule has 1 aliphatic heterocycles. The smallest absolute Gasteiger partial charge is 0.319 e. The van der Waals surface area contributed by atoms with Gasteiger partial charge in [-0.15, -0.1) is 0 Å². The first-order valence-corrected chi connectivity index (χ1v) is 8.10. The second-order valence-electron chi connectivity index (χ2n) is 5.80. The number of carbonyl (C=O) groups excluding carboxylic acids is 2. The molecule has 2 aromatic carbocycles. The highest BCUT2D eigenvalue weighted by molar-refractivity contribution is 6.31. The van der Waals surface area contributed by atoms with Crippen LogP contribution in [0.3, 0.4) is 0 Å². The van der Waals surface area contributed by atoms with Gasteiger partial charge in [0.1, 0.15) is 0 Å². The monoisotopic (exact) mass is 343 g/mol. The second-order valence-corrected chi connectivity index (χ2v) is 6.24. The molecule has 0 unspecified atom stereocenters. The van der Waals surface area contributed by atoms with Crippen LogP contribution < -0.4 is 15.5 Å². The largest absolute Gasteiger partial charge is 0.333 e. The minimum atomic E-state index is -0.340. The SMILES string of the molecule is Cc1ccc(Cl)cc1NC(=O)N[C@H]1CC(=O)N(c2ccccc2)C1. The first-order chi connectivity index (χ1) is 11.5. The van der Waals surface area contributed by atoms with Gasteiger partial charge in [0, 0.05) is 29.4 Å². The van der Waals surface area contributed by atoms with E-state index in [0.29, 0.717) is 17.3 Å². The van der Waals surface area contributed by atoms with Crippen molar-refractivity contribution in [3.63, 3.8) is 0 Å². The van der Waals surface area contributed by atoms with Gasteiger partial charge in [-0.25, -0.2) is 4.79 Å². The van der Waals surface area contributed by atoms with Crippen LogP contribution in [-0.2, 0) is 4.79 Å². The summed E-state index contributed by atoms with van der Waals surface area (Å²) in [6, 6.07) is 14.2. The Morgan fingerprint density at radius 3 is 2.71 bits per heavy atom. The van der Waals surface area contributed by atoms with Crippen molar-refractivity contribution < 1.29 is 9.59 Å². The lowest BCUT2D eigenvalue weighted by atomic mass is 10.2. The normalized spacial score (nSPS) is 17.0. The van der Waals surface area contributed by atoms with E-state index in [9.17, 15) is 9.59 Å². The van der Waals surface area contributed by atoms with Crippen LogP contribution in [0.5, 0.6) is 0 Å². The number of urea groups is 1. The average Bonchev–Trinajstić information content (AvgIpc) is 2.92. The minimum Gasteiger partial charge on any atom is -0.333 e. The zero-order valence-electron chi connectivity index (χ0n) is 13.3. The molecule has 0 aliphatic carbocycles. The van der Waals surface area contributed by atoms with E-state index in [0.717, 1.165) is 11.3 Å². The zero-order chi connectivity index (χ0) is 17.1. The summed E-state index contributed by atoms with van der Waals surface area (Å²) in [7, 11) is 0. The molecule has 0 bridgehead atoms. The minimum absolute atomic E-state index is 0.00503. The number of benzene rings is 2. The number of halogens is 1. The highest BCUT2D eigenvalue weighted by Crippen LogP contribution is 2.22. The van der Waals surface area contributed by atoms with Crippen molar-refractivity contribution in [2.75, 3.05) is 16.8 Å². The summed E-state index contributed by atoms with van der Waals surface area (Å²) >= 11 is 5.95. The fourth-order valence-corrected chi connectivity index (χ4v) is 2.91. The van der Waals surface area contributed by atoms with Crippen LogP contribution >= 0.6 is 11.6 Å². The number of nitrogens with one attached hydrogen (secondary N) is 2. The van der Waals surface area contributed by atoms with Gasteiger partial charge in [-0.2, -0.15) is 0 Å². The van der Waals surface area contributed by atoms with Crippen LogP contribution in [0.4, 0.5) is 16.2 Å². The molecule has 3 rings (SSSR count). The maximum atomic E-state index is 12.2. The highest BCUT2D eigenvalue weighted by Gasteiger charge is 2.31. The van der Waals surface area contributed by atoms with Gasteiger partial charge >= 0.3 is 6.03 Å². The van der Waals surface area contributed by atoms with Crippen molar-refractivity contribution in [1.82, 2.24) is 5.32 Å². The van der Waals surface area contributed by atoms with Gasteiger partial charge < -0.3 is 15.5 Å². The molecular formula is C18H18ClN3O2. The van der Waals surface area contributed by atoms with Gasteiger partial charge in [-0.05, 0) is 36.8 Å². The number of para-hydroxylation sites is 1. The van der Waals surface area contributed by atoms with Crippen LogP contribution in [0.2, 0.25) is 5.02 Å². The van der Waals surface area contributed by atoms with Crippen LogP contribution in [0.25, 0.3) is 0 Å². The van der Waals surface area contributed by atoms with Crippen molar-refractivity contribution in [3.05, 3.63) is 59.1 Å². The molecule has 0 spiro atoms. The van der Waals surface area contributed by atoms with Crippen molar-refractivity contribution >= 4 is 34.9 Å². The number of carbonyl (C=O) groups is 2. The number of rotatable bonds is 3. The summed E-state index contributed by atoms with van der Waals surface area (Å²) in [6.45, 7) is 2.35. The molecule has 1 fully saturated rings. The van der Waals surface area contributed by atoms with Gasteiger partial charge in [0.05, 0.1) is 6.04 Å². The lowest BCUT2D eigenvalue weighted by Gasteiger charge is -2.17. The number of amides is 3. The molecule has 0 radical (unpaired) electrons. The molecular weight excluding hydrogens is 326 g/mol.